The fraction of sp³-hybridized carbons (Fsp3) is 0.571. The Labute approximate surface area is 119 Å². The smallest absolute Gasteiger partial charge is 0.311 e. The molecule has 0 aliphatic carbocycles. The third kappa shape index (κ3) is 4.47. The van der Waals surface area contributed by atoms with Crippen molar-refractivity contribution in [2.45, 2.75) is 20.4 Å². The Kier molecular flexibility index (Phi) is 5.47. The topological polar surface area (TPSA) is 81.6 Å². The molecule has 0 atom stereocenters. The fourth-order valence-corrected chi connectivity index (χ4v) is 2.14. The number of ether oxygens (including phenoxy) is 1. The average molecular weight is 281 g/mol. The van der Waals surface area contributed by atoms with Crippen LogP contribution in [0, 0.1) is 15.5 Å². The van der Waals surface area contributed by atoms with Crippen LogP contribution in [0.2, 0.25) is 0 Å². The Bertz CT molecular complexity index is 475. The zero-order chi connectivity index (χ0) is 15.3. The Hall–Kier alpha value is -1.66. The third-order valence-electron chi connectivity index (χ3n) is 3.14. The Morgan fingerprint density at radius 1 is 1.45 bits per heavy atom. The molecule has 1 aromatic carbocycles. The van der Waals surface area contributed by atoms with Crippen molar-refractivity contribution in [3.05, 3.63) is 33.9 Å². The predicted molar refractivity (Wildman–Crippen MR) is 78.8 cm³/mol. The summed E-state index contributed by atoms with van der Waals surface area (Å²) in [6.45, 7) is 6.25. The fourth-order valence-electron chi connectivity index (χ4n) is 2.14. The highest BCUT2D eigenvalue weighted by Gasteiger charge is 2.20. The highest BCUT2D eigenvalue weighted by atomic mass is 16.6. The average Bonchev–Trinajstić information content (AvgIpc) is 2.37. The van der Waals surface area contributed by atoms with E-state index in [1.807, 2.05) is 13.1 Å². The maximum Gasteiger partial charge on any atom is 0.311 e. The van der Waals surface area contributed by atoms with Gasteiger partial charge in [-0.3, -0.25) is 10.1 Å². The van der Waals surface area contributed by atoms with E-state index >= 15 is 0 Å². The minimum atomic E-state index is -0.424. The summed E-state index contributed by atoms with van der Waals surface area (Å²) in [7, 11) is 3.41. The van der Waals surface area contributed by atoms with Crippen molar-refractivity contribution in [3.8, 4) is 5.75 Å². The summed E-state index contributed by atoms with van der Waals surface area (Å²) in [4.78, 5) is 12.7. The van der Waals surface area contributed by atoms with E-state index in [1.54, 1.807) is 12.1 Å². The first-order valence-electron chi connectivity index (χ1n) is 6.49. The second-order valence-corrected chi connectivity index (χ2v) is 5.80. The van der Waals surface area contributed by atoms with Gasteiger partial charge in [0.2, 0.25) is 0 Å². The first kappa shape index (κ1) is 16.4. The normalized spacial score (nSPS) is 11.7. The van der Waals surface area contributed by atoms with E-state index < -0.39 is 4.92 Å². The van der Waals surface area contributed by atoms with Gasteiger partial charge in [0, 0.05) is 19.2 Å². The zero-order valence-corrected chi connectivity index (χ0v) is 12.5. The molecule has 0 heterocycles. The number of nitro groups is 1. The predicted octanol–water partition coefficient (Wildman–Crippen LogP) is 2.02. The van der Waals surface area contributed by atoms with E-state index in [1.165, 1.54) is 7.11 Å². The molecule has 0 saturated carbocycles. The molecule has 0 bridgehead atoms. The van der Waals surface area contributed by atoms with Crippen LogP contribution in [0.4, 0.5) is 5.69 Å². The molecule has 0 aromatic heterocycles. The van der Waals surface area contributed by atoms with Crippen molar-refractivity contribution in [3.63, 3.8) is 0 Å². The highest BCUT2D eigenvalue weighted by molar-refractivity contribution is 5.48. The summed E-state index contributed by atoms with van der Waals surface area (Å²) in [5.41, 5.74) is 6.62. The van der Waals surface area contributed by atoms with Gasteiger partial charge in [-0.25, -0.2) is 0 Å². The summed E-state index contributed by atoms with van der Waals surface area (Å²) >= 11 is 0. The van der Waals surface area contributed by atoms with Crippen molar-refractivity contribution < 1.29 is 9.66 Å². The van der Waals surface area contributed by atoms with Crippen LogP contribution in [-0.2, 0) is 6.54 Å². The molecular formula is C14H23N3O3. The van der Waals surface area contributed by atoms with Gasteiger partial charge in [-0.05, 0) is 30.6 Å². The SMILES string of the molecule is COc1ccc(CN(C)CC(C)(C)CN)cc1[N+](=O)[O-]. The quantitative estimate of drug-likeness (QED) is 0.611. The lowest BCUT2D eigenvalue weighted by molar-refractivity contribution is -0.385. The van der Waals surface area contributed by atoms with Crippen LogP contribution in [0.25, 0.3) is 0 Å². The lowest BCUT2D eigenvalue weighted by Crippen LogP contribution is -2.36. The van der Waals surface area contributed by atoms with Gasteiger partial charge in [-0.1, -0.05) is 19.9 Å². The number of benzene rings is 1. The van der Waals surface area contributed by atoms with Crippen LogP contribution < -0.4 is 10.5 Å². The monoisotopic (exact) mass is 281 g/mol. The standard InChI is InChI=1S/C14H23N3O3/c1-14(2,9-15)10-16(3)8-11-5-6-13(20-4)12(7-11)17(18)19/h5-7H,8-10,15H2,1-4H3. The van der Waals surface area contributed by atoms with E-state index in [2.05, 4.69) is 18.7 Å². The first-order chi connectivity index (χ1) is 9.29. The lowest BCUT2D eigenvalue weighted by Gasteiger charge is -2.29. The van der Waals surface area contributed by atoms with Crippen LogP contribution in [0.15, 0.2) is 18.2 Å². The summed E-state index contributed by atoms with van der Waals surface area (Å²) in [6, 6.07) is 5.04. The van der Waals surface area contributed by atoms with Gasteiger partial charge in [0.05, 0.1) is 12.0 Å². The molecule has 0 aliphatic heterocycles. The van der Waals surface area contributed by atoms with Crippen molar-refractivity contribution in [1.29, 1.82) is 0 Å². The number of nitrogens with zero attached hydrogens (tertiary/aromatic N) is 2. The Morgan fingerprint density at radius 3 is 2.60 bits per heavy atom. The molecule has 0 radical (unpaired) electrons. The molecule has 0 fully saturated rings. The summed E-state index contributed by atoms with van der Waals surface area (Å²) in [5, 5.41) is 11.0. The van der Waals surface area contributed by atoms with E-state index in [0.717, 1.165) is 12.1 Å². The van der Waals surface area contributed by atoms with Crippen molar-refractivity contribution in [2.24, 2.45) is 11.1 Å². The number of nitro benzene ring substituents is 1. The number of nitrogens with two attached hydrogens (primary N) is 1. The van der Waals surface area contributed by atoms with Crippen molar-refractivity contribution >= 4 is 5.69 Å². The summed E-state index contributed by atoms with van der Waals surface area (Å²) in [6.07, 6.45) is 0. The second-order valence-electron chi connectivity index (χ2n) is 5.80. The number of methoxy groups -OCH3 is 1. The molecule has 2 N–H and O–H groups in total. The van der Waals surface area contributed by atoms with E-state index in [0.29, 0.717) is 13.1 Å². The van der Waals surface area contributed by atoms with Crippen LogP contribution in [-0.4, -0.2) is 37.1 Å². The molecule has 112 valence electrons. The molecule has 6 nitrogen and oxygen atoms in total. The minimum absolute atomic E-state index is 0.00325. The lowest BCUT2D eigenvalue weighted by atomic mass is 9.93. The van der Waals surface area contributed by atoms with Gasteiger partial charge in [-0.15, -0.1) is 0 Å². The van der Waals surface area contributed by atoms with Gasteiger partial charge in [0.15, 0.2) is 5.75 Å². The molecule has 0 amide bonds. The van der Waals surface area contributed by atoms with E-state index in [4.69, 9.17) is 10.5 Å². The highest BCUT2D eigenvalue weighted by Crippen LogP contribution is 2.28. The summed E-state index contributed by atoms with van der Waals surface area (Å²) < 4.78 is 4.99. The van der Waals surface area contributed by atoms with Crippen molar-refractivity contribution in [2.75, 3.05) is 27.2 Å². The van der Waals surface area contributed by atoms with E-state index in [-0.39, 0.29) is 16.9 Å². The molecule has 20 heavy (non-hydrogen) atoms. The first-order valence-corrected chi connectivity index (χ1v) is 6.49. The molecule has 0 aliphatic rings. The van der Waals surface area contributed by atoms with E-state index in [9.17, 15) is 10.1 Å². The number of hydrogen-bond donors (Lipinski definition) is 1. The Balaban J connectivity index is 2.83. The maximum atomic E-state index is 11.0. The van der Waals surface area contributed by atoms with Gasteiger partial charge in [0.25, 0.3) is 0 Å². The number of rotatable bonds is 7. The third-order valence-corrected chi connectivity index (χ3v) is 3.14. The van der Waals surface area contributed by atoms with Gasteiger partial charge < -0.3 is 15.4 Å². The van der Waals surface area contributed by atoms with Gasteiger partial charge in [0.1, 0.15) is 0 Å². The second kappa shape index (κ2) is 6.67. The molecule has 1 aromatic rings. The van der Waals surface area contributed by atoms with Crippen LogP contribution in [0.1, 0.15) is 19.4 Å². The minimum Gasteiger partial charge on any atom is -0.490 e. The maximum absolute atomic E-state index is 11.0. The molecule has 6 heteroatoms. The zero-order valence-electron chi connectivity index (χ0n) is 12.5. The largest absolute Gasteiger partial charge is 0.490 e. The number of hydrogen-bond acceptors (Lipinski definition) is 5. The molecule has 0 saturated heterocycles. The van der Waals surface area contributed by atoms with Crippen LogP contribution in [0.3, 0.4) is 0 Å². The van der Waals surface area contributed by atoms with Gasteiger partial charge >= 0.3 is 5.69 Å². The van der Waals surface area contributed by atoms with Crippen molar-refractivity contribution in [1.82, 2.24) is 4.90 Å². The summed E-state index contributed by atoms with van der Waals surface area (Å²) in [5.74, 6) is 0.281. The molecular weight excluding hydrogens is 258 g/mol. The molecule has 0 unspecified atom stereocenters. The Morgan fingerprint density at radius 2 is 2.10 bits per heavy atom. The van der Waals surface area contributed by atoms with Crippen LogP contribution in [0.5, 0.6) is 5.75 Å². The van der Waals surface area contributed by atoms with Gasteiger partial charge in [-0.2, -0.15) is 0 Å². The molecule has 1 rings (SSSR count). The van der Waals surface area contributed by atoms with Crippen LogP contribution >= 0.6 is 0 Å². The molecule has 0 spiro atoms.